The molecule has 0 aliphatic heterocycles. The van der Waals surface area contributed by atoms with Crippen LogP contribution in [0.2, 0.25) is 0 Å². The largest absolute Gasteiger partial charge is 0.368 e. The van der Waals surface area contributed by atoms with Crippen molar-refractivity contribution in [2.24, 2.45) is 7.05 Å². The maximum atomic E-state index is 12.1. The van der Waals surface area contributed by atoms with Crippen molar-refractivity contribution >= 4 is 17.0 Å². The van der Waals surface area contributed by atoms with Gasteiger partial charge >= 0.3 is 0 Å². The fraction of sp³-hybridized carbons (Fsp3) is 0.348. The summed E-state index contributed by atoms with van der Waals surface area (Å²) in [4.78, 5) is 19.4. The van der Waals surface area contributed by atoms with Gasteiger partial charge in [-0.25, -0.2) is 9.37 Å². The van der Waals surface area contributed by atoms with Gasteiger partial charge in [-0.15, -0.1) is 12.8 Å². The molecule has 0 aliphatic carbocycles. The van der Waals surface area contributed by atoms with Crippen molar-refractivity contribution in [1.82, 2.24) is 14.5 Å². The van der Waals surface area contributed by atoms with Gasteiger partial charge in [-0.05, 0) is 32.0 Å². The van der Waals surface area contributed by atoms with Crippen molar-refractivity contribution in [2.75, 3.05) is 5.73 Å². The SMILES string of the molecule is C#C.CC.CCC.Cc1cc2cnc(N)nc2n(C)c1=O.Cc1ccc(F)cc1. The van der Waals surface area contributed by atoms with Gasteiger partial charge in [-0.2, -0.15) is 4.98 Å². The molecule has 2 N–H and O–H groups in total. The molecule has 0 amide bonds. The third kappa shape index (κ3) is 10.1. The first-order valence-corrected chi connectivity index (χ1v) is 9.44. The van der Waals surface area contributed by atoms with Crippen molar-refractivity contribution in [1.29, 1.82) is 0 Å². The highest BCUT2D eigenvalue weighted by Gasteiger charge is 2.04. The second-order valence-electron chi connectivity index (χ2n) is 5.70. The Labute approximate surface area is 173 Å². The minimum Gasteiger partial charge on any atom is -0.368 e. The highest BCUT2D eigenvalue weighted by atomic mass is 19.1. The molecule has 0 bridgehead atoms. The number of benzene rings is 1. The quantitative estimate of drug-likeness (QED) is 0.536. The Balaban J connectivity index is 0. The van der Waals surface area contributed by atoms with Crippen molar-refractivity contribution in [3.63, 3.8) is 0 Å². The number of hydrogen-bond acceptors (Lipinski definition) is 4. The summed E-state index contributed by atoms with van der Waals surface area (Å²) in [6.45, 7) is 11.9. The molecule has 2 heterocycles. The third-order valence-electron chi connectivity index (χ3n) is 3.16. The molecule has 1 aromatic carbocycles. The van der Waals surface area contributed by atoms with E-state index >= 15 is 0 Å². The summed E-state index contributed by atoms with van der Waals surface area (Å²) < 4.78 is 13.6. The normalized spacial score (nSPS) is 8.62. The Bertz CT molecular complexity index is 895. The Morgan fingerprint density at radius 1 is 1.10 bits per heavy atom. The van der Waals surface area contributed by atoms with Gasteiger partial charge in [0.05, 0.1) is 0 Å². The lowest BCUT2D eigenvalue weighted by molar-refractivity contribution is 0.627. The predicted molar refractivity (Wildman–Crippen MR) is 122 cm³/mol. The first kappa shape index (κ1) is 28.0. The van der Waals surface area contributed by atoms with Crippen LogP contribution in [0.25, 0.3) is 11.0 Å². The molecular weight excluding hydrogens is 367 g/mol. The van der Waals surface area contributed by atoms with Gasteiger partial charge in [-0.1, -0.05) is 51.8 Å². The second kappa shape index (κ2) is 15.8. The van der Waals surface area contributed by atoms with E-state index in [0.717, 1.165) is 10.9 Å². The van der Waals surface area contributed by atoms with Crippen molar-refractivity contribution in [3.05, 3.63) is 63.8 Å². The summed E-state index contributed by atoms with van der Waals surface area (Å²) in [7, 11) is 1.67. The number of nitrogens with zero attached hydrogens (tertiary/aromatic N) is 3. The van der Waals surface area contributed by atoms with E-state index in [2.05, 4.69) is 36.7 Å². The Morgan fingerprint density at radius 2 is 1.59 bits per heavy atom. The number of nitrogens with two attached hydrogens (primary N) is 1. The number of pyridine rings is 1. The van der Waals surface area contributed by atoms with E-state index in [-0.39, 0.29) is 17.3 Å². The molecule has 0 atom stereocenters. The van der Waals surface area contributed by atoms with Crippen LogP contribution in [0.4, 0.5) is 10.3 Å². The lowest BCUT2D eigenvalue weighted by atomic mass is 10.2. The molecule has 0 aliphatic rings. The second-order valence-corrected chi connectivity index (χ2v) is 5.70. The van der Waals surface area contributed by atoms with Gasteiger partial charge in [0.1, 0.15) is 11.5 Å². The molecule has 0 fully saturated rings. The van der Waals surface area contributed by atoms with E-state index < -0.39 is 0 Å². The highest BCUT2D eigenvalue weighted by molar-refractivity contribution is 5.75. The van der Waals surface area contributed by atoms with E-state index in [1.54, 1.807) is 38.4 Å². The van der Waals surface area contributed by atoms with Crippen molar-refractivity contribution < 1.29 is 4.39 Å². The third-order valence-corrected chi connectivity index (χ3v) is 3.16. The highest BCUT2D eigenvalue weighted by Crippen LogP contribution is 2.09. The Hall–Kier alpha value is -3.20. The summed E-state index contributed by atoms with van der Waals surface area (Å²) in [5.74, 6) is 0.00644. The zero-order chi connectivity index (χ0) is 23.0. The van der Waals surface area contributed by atoms with Gasteiger partial charge in [0.15, 0.2) is 0 Å². The number of halogens is 1. The van der Waals surface area contributed by atoms with Gasteiger partial charge in [0.25, 0.3) is 5.56 Å². The van der Waals surface area contributed by atoms with Gasteiger partial charge in [0, 0.05) is 24.2 Å². The number of anilines is 1. The molecule has 0 spiro atoms. The van der Waals surface area contributed by atoms with E-state index in [4.69, 9.17) is 5.73 Å². The summed E-state index contributed by atoms with van der Waals surface area (Å²) in [5.41, 5.74) is 7.71. The number of rotatable bonds is 0. The van der Waals surface area contributed by atoms with E-state index in [1.165, 1.54) is 23.1 Å². The standard InChI is InChI=1S/C9H10N4O.C7H7F.C3H8.C2H6.C2H2/c1-5-3-6-4-11-9(10)12-7(6)13(2)8(5)14;1-6-2-4-7(8)5-3-6;1-3-2;2*1-2/h3-4H,1-2H3,(H2,10,11,12);2-5H,1H3;3H2,1-2H3;1-2H3;1-2H. The first-order valence-electron chi connectivity index (χ1n) is 9.44. The molecule has 0 saturated carbocycles. The summed E-state index contributed by atoms with van der Waals surface area (Å²) >= 11 is 0. The summed E-state index contributed by atoms with van der Waals surface area (Å²) in [6, 6.07) is 8.16. The molecule has 3 rings (SSSR count). The molecule has 2 aromatic heterocycles. The molecule has 158 valence electrons. The molecule has 6 heteroatoms. The van der Waals surface area contributed by atoms with Crippen LogP contribution in [0.1, 0.15) is 45.2 Å². The maximum absolute atomic E-state index is 12.1. The van der Waals surface area contributed by atoms with Crippen LogP contribution in [-0.2, 0) is 7.05 Å². The predicted octanol–water partition coefficient (Wildman–Crippen LogP) is 5.05. The van der Waals surface area contributed by atoms with Crippen LogP contribution in [-0.4, -0.2) is 14.5 Å². The minimum atomic E-state index is -0.171. The number of aryl methyl sites for hydroxylation is 3. The Morgan fingerprint density at radius 3 is 2.03 bits per heavy atom. The lowest BCUT2D eigenvalue weighted by Crippen LogP contribution is -2.20. The van der Waals surface area contributed by atoms with Crippen LogP contribution >= 0.6 is 0 Å². The van der Waals surface area contributed by atoms with Crippen molar-refractivity contribution in [3.8, 4) is 12.8 Å². The zero-order valence-electron chi connectivity index (χ0n) is 18.5. The zero-order valence-corrected chi connectivity index (χ0v) is 18.5. The lowest BCUT2D eigenvalue weighted by Gasteiger charge is -2.04. The average Bonchev–Trinajstić information content (AvgIpc) is 2.73. The van der Waals surface area contributed by atoms with Crippen LogP contribution < -0.4 is 11.3 Å². The number of hydrogen-bond donors (Lipinski definition) is 1. The molecule has 5 nitrogen and oxygen atoms in total. The smallest absolute Gasteiger partial charge is 0.254 e. The fourth-order valence-corrected chi connectivity index (χ4v) is 1.95. The molecule has 29 heavy (non-hydrogen) atoms. The van der Waals surface area contributed by atoms with Gasteiger partial charge < -0.3 is 5.73 Å². The van der Waals surface area contributed by atoms with Crippen LogP contribution in [0.5, 0.6) is 0 Å². The topological polar surface area (TPSA) is 73.8 Å². The van der Waals surface area contributed by atoms with Gasteiger partial charge in [0.2, 0.25) is 5.95 Å². The molecule has 3 aromatic rings. The molecule has 0 unspecified atom stereocenters. The van der Waals surface area contributed by atoms with Gasteiger partial charge in [-0.3, -0.25) is 9.36 Å². The monoisotopic (exact) mass is 400 g/mol. The number of nitrogen functional groups attached to an aromatic ring is 1. The summed E-state index contributed by atoms with van der Waals surface area (Å²) in [6.07, 6.45) is 10.9. The number of aromatic nitrogens is 3. The van der Waals surface area contributed by atoms with Crippen LogP contribution in [0.15, 0.2) is 41.3 Å². The molecular formula is C23H33FN4O. The van der Waals surface area contributed by atoms with E-state index in [9.17, 15) is 9.18 Å². The van der Waals surface area contributed by atoms with Crippen molar-refractivity contribution in [2.45, 2.75) is 48.0 Å². The van der Waals surface area contributed by atoms with E-state index in [0.29, 0.717) is 11.2 Å². The first-order chi connectivity index (χ1) is 13.8. The number of fused-ring (bicyclic) bond motifs is 1. The minimum absolute atomic E-state index is 0.0596. The van der Waals surface area contributed by atoms with E-state index in [1.807, 2.05) is 20.8 Å². The van der Waals surface area contributed by atoms with Crippen LogP contribution in [0.3, 0.4) is 0 Å². The number of terminal acetylenes is 1. The van der Waals surface area contributed by atoms with Crippen LogP contribution in [0, 0.1) is 32.5 Å². The molecule has 0 saturated heterocycles. The maximum Gasteiger partial charge on any atom is 0.254 e. The average molecular weight is 401 g/mol. The summed E-state index contributed by atoms with van der Waals surface area (Å²) in [5, 5.41) is 0.818. The fourth-order valence-electron chi connectivity index (χ4n) is 1.95. The Kier molecular flexibility index (Phi) is 15.3. The molecule has 0 radical (unpaired) electrons.